The molecule has 1 amide bonds. The van der Waals surface area contributed by atoms with Gasteiger partial charge in [0.1, 0.15) is 0 Å². The van der Waals surface area contributed by atoms with Gasteiger partial charge in [0.2, 0.25) is 5.91 Å². The predicted molar refractivity (Wildman–Crippen MR) is 194 cm³/mol. The molecule has 0 aromatic carbocycles. The molecule has 3 unspecified atom stereocenters. The van der Waals surface area contributed by atoms with Crippen LogP contribution in [-0.4, -0.2) is 46.1 Å². The van der Waals surface area contributed by atoms with Crippen molar-refractivity contribution in [3.05, 3.63) is 60.8 Å². The molecule has 0 saturated heterocycles. The lowest BCUT2D eigenvalue weighted by Gasteiger charge is -2.20. The molecule has 0 fully saturated rings. The summed E-state index contributed by atoms with van der Waals surface area (Å²) >= 11 is 0. The molecular weight excluding hydrogens is 558 g/mol. The number of hydrogen-bond acceptors (Lipinski definition) is 4. The van der Waals surface area contributed by atoms with E-state index < -0.39 is 18.2 Å². The molecule has 0 heterocycles. The van der Waals surface area contributed by atoms with Gasteiger partial charge < -0.3 is 20.6 Å². The molecule has 5 heteroatoms. The Kier molecular flexibility index (Phi) is 33.4. The maximum atomic E-state index is 12.3. The van der Waals surface area contributed by atoms with E-state index in [1.165, 1.54) is 77.0 Å². The molecular formula is C40H71NO4. The van der Waals surface area contributed by atoms with Crippen molar-refractivity contribution in [1.82, 2.24) is 5.32 Å². The molecule has 0 bridgehead atoms. The Bertz CT molecular complexity index is 785. The largest absolute Gasteiger partial charge is 0.394 e. The second-order valence-electron chi connectivity index (χ2n) is 12.5. The van der Waals surface area contributed by atoms with Crippen LogP contribution in [0.15, 0.2) is 60.8 Å². The predicted octanol–water partition coefficient (Wildman–Crippen LogP) is 9.98. The molecule has 0 aromatic rings. The summed E-state index contributed by atoms with van der Waals surface area (Å²) in [5, 5.41) is 32.9. The van der Waals surface area contributed by atoms with Crippen molar-refractivity contribution in [3.8, 4) is 0 Å². The number of allylic oxidation sites excluding steroid dienone is 9. The third-order valence-corrected chi connectivity index (χ3v) is 8.10. The Morgan fingerprint density at radius 1 is 0.622 bits per heavy atom. The van der Waals surface area contributed by atoms with E-state index in [-0.39, 0.29) is 18.9 Å². The van der Waals surface area contributed by atoms with Crippen LogP contribution in [0.3, 0.4) is 0 Å². The first-order valence-electron chi connectivity index (χ1n) is 18.5. The van der Waals surface area contributed by atoms with Crippen molar-refractivity contribution in [2.45, 2.75) is 180 Å². The highest BCUT2D eigenvalue weighted by atomic mass is 16.3. The monoisotopic (exact) mass is 630 g/mol. The van der Waals surface area contributed by atoms with Gasteiger partial charge >= 0.3 is 0 Å². The maximum absolute atomic E-state index is 12.3. The highest BCUT2D eigenvalue weighted by Gasteiger charge is 2.20. The van der Waals surface area contributed by atoms with Crippen LogP contribution in [0.4, 0.5) is 0 Å². The minimum absolute atomic E-state index is 0.0105. The molecule has 0 aliphatic rings. The van der Waals surface area contributed by atoms with Crippen molar-refractivity contribution >= 4 is 5.91 Å². The number of unbranched alkanes of at least 4 members (excludes halogenated alkanes) is 16. The third-order valence-electron chi connectivity index (χ3n) is 8.10. The Morgan fingerprint density at radius 3 is 1.67 bits per heavy atom. The average molecular weight is 630 g/mol. The molecule has 0 rings (SSSR count). The molecule has 0 spiro atoms. The summed E-state index contributed by atoms with van der Waals surface area (Å²) < 4.78 is 0. The smallest absolute Gasteiger partial charge is 0.222 e. The molecule has 260 valence electrons. The molecule has 0 aromatic heterocycles. The fourth-order valence-electron chi connectivity index (χ4n) is 5.23. The minimum Gasteiger partial charge on any atom is -0.394 e. The van der Waals surface area contributed by atoms with Gasteiger partial charge in [0, 0.05) is 0 Å². The number of hydrogen-bond donors (Lipinski definition) is 4. The lowest BCUT2D eigenvalue weighted by molar-refractivity contribution is -0.124. The number of amides is 1. The quantitative estimate of drug-likeness (QED) is 0.0440. The zero-order valence-corrected chi connectivity index (χ0v) is 29.2. The zero-order chi connectivity index (χ0) is 33.1. The normalized spacial score (nSPS) is 14.5. The van der Waals surface area contributed by atoms with E-state index in [0.29, 0.717) is 6.42 Å². The summed E-state index contributed by atoms with van der Waals surface area (Å²) in [6.07, 6.45) is 45.1. The van der Waals surface area contributed by atoms with E-state index >= 15 is 0 Å². The Morgan fingerprint density at radius 2 is 1.11 bits per heavy atom. The Balaban J connectivity index is 3.74. The van der Waals surface area contributed by atoms with E-state index in [9.17, 15) is 20.1 Å². The van der Waals surface area contributed by atoms with Gasteiger partial charge in [0.05, 0.1) is 31.3 Å². The Hall–Kier alpha value is -1.95. The lowest BCUT2D eigenvalue weighted by atomic mass is 10.0. The van der Waals surface area contributed by atoms with Crippen molar-refractivity contribution in [2.24, 2.45) is 0 Å². The summed E-state index contributed by atoms with van der Waals surface area (Å²) in [5.41, 5.74) is 0. The Labute approximate surface area is 278 Å². The molecule has 0 aliphatic heterocycles. The van der Waals surface area contributed by atoms with E-state index in [1.54, 1.807) is 6.08 Å². The summed E-state index contributed by atoms with van der Waals surface area (Å²) in [5.74, 6) is -0.344. The van der Waals surface area contributed by atoms with Gasteiger partial charge in [-0.1, -0.05) is 145 Å². The van der Waals surface area contributed by atoms with E-state index in [2.05, 4.69) is 60.8 Å². The van der Waals surface area contributed by atoms with Crippen molar-refractivity contribution in [3.63, 3.8) is 0 Å². The average Bonchev–Trinajstić information content (AvgIpc) is 3.03. The van der Waals surface area contributed by atoms with Crippen LogP contribution in [-0.2, 0) is 4.79 Å². The molecule has 5 nitrogen and oxygen atoms in total. The SMILES string of the molecule is C/C=C/CC/C=C/CC/C=C/C(O)C(CO)NC(=O)CC(O)CCCCCCC/C=C\C/C=C\CCCCCCCCCCC. The molecule has 0 aliphatic carbocycles. The third kappa shape index (κ3) is 31.8. The molecule has 4 N–H and O–H groups in total. The fraction of sp³-hybridized carbons (Fsp3) is 0.725. The van der Waals surface area contributed by atoms with Gasteiger partial charge in [-0.15, -0.1) is 0 Å². The van der Waals surface area contributed by atoms with Crippen LogP contribution in [0.25, 0.3) is 0 Å². The number of carbonyl (C=O) groups excluding carboxylic acids is 1. The number of nitrogens with one attached hydrogen (secondary N) is 1. The van der Waals surface area contributed by atoms with Crippen LogP contribution in [0.5, 0.6) is 0 Å². The van der Waals surface area contributed by atoms with Crippen LogP contribution < -0.4 is 5.32 Å². The first kappa shape index (κ1) is 43.0. The second kappa shape index (κ2) is 34.9. The number of aliphatic hydroxyl groups is 3. The summed E-state index contributed by atoms with van der Waals surface area (Å²) in [4.78, 5) is 12.3. The molecule has 45 heavy (non-hydrogen) atoms. The lowest BCUT2D eigenvalue weighted by Crippen LogP contribution is -2.45. The summed E-state index contributed by atoms with van der Waals surface area (Å²) in [6, 6.07) is -0.771. The zero-order valence-electron chi connectivity index (χ0n) is 29.2. The molecule has 0 radical (unpaired) electrons. The van der Waals surface area contributed by atoms with Gasteiger partial charge in [-0.05, 0) is 71.1 Å². The summed E-state index contributed by atoms with van der Waals surface area (Å²) in [7, 11) is 0. The first-order chi connectivity index (χ1) is 22.0. The number of carbonyl (C=O) groups is 1. The van der Waals surface area contributed by atoms with Crippen molar-refractivity contribution in [2.75, 3.05) is 6.61 Å². The number of rotatable bonds is 32. The van der Waals surface area contributed by atoms with Crippen LogP contribution in [0, 0.1) is 0 Å². The highest BCUT2D eigenvalue weighted by Crippen LogP contribution is 2.12. The van der Waals surface area contributed by atoms with Crippen LogP contribution in [0.2, 0.25) is 0 Å². The molecule has 0 saturated carbocycles. The second-order valence-corrected chi connectivity index (χ2v) is 12.5. The first-order valence-corrected chi connectivity index (χ1v) is 18.5. The van der Waals surface area contributed by atoms with Crippen molar-refractivity contribution < 1.29 is 20.1 Å². The van der Waals surface area contributed by atoms with Gasteiger partial charge in [0.25, 0.3) is 0 Å². The van der Waals surface area contributed by atoms with Crippen molar-refractivity contribution in [1.29, 1.82) is 0 Å². The van der Waals surface area contributed by atoms with Gasteiger partial charge in [-0.2, -0.15) is 0 Å². The maximum Gasteiger partial charge on any atom is 0.222 e. The van der Waals surface area contributed by atoms with Gasteiger partial charge in [-0.3, -0.25) is 4.79 Å². The fourth-order valence-corrected chi connectivity index (χ4v) is 5.23. The highest BCUT2D eigenvalue weighted by molar-refractivity contribution is 5.76. The van der Waals surface area contributed by atoms with Gasteiger partial charge in [0.15, 0.2) is 0 Å². The van der Waals surface area contributed by atoms with Crippen LogP contribution >= 0.6 is 0 Å². The van der Waals surface area contributed by atoms with E-state index in [4.69, 9.17) is 0 Å². The topological polar surface area (TPSA) is 89.8 Å². The van der Waals surface area contributed by atoms with E-state index in [0.717, 1.165) is 57.8 Å². The van der Waals surface area contributed by atoms with Gasteiger partial charge in [-0.25, -0.2) is 0 Å². The molecule has 3 atom stereocenters. The van der Waals surface area contributed by atoms with Crippen LogP contribution in [0.1, 0.15) is 162 Å². The minimum atomic E-state index is -0.963. The van der Waals surface area contributed by atoms with E-state index in [1.807, 2.05) is 13.0 Å². The summed E-state index contributed by atoms with van der Waals surface area (Å²) in [6.45, 7) is 3.94. The standard InChI is InChI=1S/C40H71NO4/c1-3-5-7-9-11-13-14-15-16-17-18-19-20-21-22-23-24-26-27-29-31-33-37(43)35-40(45)41-38(36-42)39(44)34-32-30-28-25-12-10-8-6-4-2/h4,6,12,18-19,21-22,25,32,34,37-39,42-44H,3,5,7-11,13-17,20,23-24,26-31,33,35-36H2,1-2H3,(H,41,45)/b6-4+,19-18-,22-21-,25-12+,34-32+. The number of aliphatic hydroxyl groups excluding tert-OH is 3.